The minimum absolute atomic E-state index is 0.213. The molecule has 0 radical (unpaired) electrons. The molecule has 0 aliphatic carbocycles. The fourth-order valence-electron chi connectivity index (χ4n) is 2.76. The predicted octanol–water partition coefficient (Wildman–Crippen LogP) is 4.38. The lowest BCUT2D eigenvalue weighted by atomic mass is 10.1. The Morgan fingerprint density at radius 3 is 2.52 bits per heavy atom. The first-order valence-electron chi connectivity index (χ1n) is 8.76. The van der Waals surface area contributed by atoms with E-state index in [1.807, 2.05) is 36.4 Å². The summed E-state index contributed by atoms with van der Waals surface area (Å²) in [5, 5.41) is 6.24. The van der Waals surface area contributed by atoms with E-state index in [-0.39, 0.29) is 5.91 Å². The molecule has 138 valence electrons. The van der Waals surface area contributed by atoms with Crippen molar-refractivity contribution in [3.8, 4) is 5.75 Å². The molecule has 2 N–H and O–H groups in total. The van der Waals surface area contributed by atoms with Gasteiger partial charge in [-0.25, -0.2) is 0 Å². The molecule has 0 bridgehead atoms. The van der Waals surface area contributed by atoms with Gasteiger partial charge >= 0.3 is 0 Å². The van der Waals surface area contributed by atoms with Crippen molar-refractivity contribution in [3.05, 3.63) is 83.2 Å². The highest BCUT2D eigenvalue weighted by molar-refractivity contribution is 5.93. The van der Waals surface area contributed by atoms with E-state index < -0.39 is 0 Å². The average molecular weight is 361 g/mol. The van der Waals surface area contributed by atoms with Crippen LogP contribution in [-0.2, 0) is 6.54 Å². The Morgan fingerprint density at radius 2 is 1.81 bits per heavy atom. The third-order valence-electron chi connectivity index (χ3n) is 4.27. The zero-order chi connectivity index (χ0) is 19.2. The predicted molar refractivity (Wildman–Crippen MR) is 108 cm³/mol. The van der Waals surface area contributed by atoms with E-state index in [0.29, 0.717) is 12.2 Å². The first kappa shape index (κ1) is 18.5. The molecule has 3 rings (SSSR count). The highest BCUT2D eigenvalue weighted by atomic mass is 16.5. The number of rotatable bonds is 6. The number of aryl methyl sites for hydroxylation is 2. The van der Waals surface area contributed by atoms with Gasteiger partial charge in [0.1, 0.15) is 11.4 Å². The van der Waals surface area contributed by atoms with Crippen LogP contribution in [0.4, 0.5) is 11.4 Å². The second kappa shape index (κ2) is 8.36. The van der Waals surface area contributed by atoms with E-state index in [4.69, 9.17) is 4.74 Å². The number of hydrogen-bond acceptors (Lipinski definition) is 4. The fraction of sp³-hybridized carbons (Fsp3) is 0.182. The Hall–Kier alpha value is -3.34. The van der Waals surface area contributed by atoms with Crippen molar-refractivity contribution in [3.63, 3.8) is 0 Å². The molecule has 0 unspecified atom stereocenters. The maximum Gasteiger partial charge on any atom is 0.270 e. The molecule has 3 aromatic rings. The van der Waals surface area contributed by atoms with Crippen LogP contribution in [0.5, 0.6) is 5.75 Å². The number of benzene rings is 2. The maximum atomic E-state index is 12.4. The summed E-state index contributed by atoms with van der Waals surface area (Å²) in [7, 11) is 1.63. The van der Waals surface area contributed by atoms with Gasteiger partial charge in [0, 0.05) is 24.1 Å². The van der Waals surface area contributed by atoms with E-state index in [1.165, 1.54) is 5.56 Å². The molecule has 0 aliphatic rings. The van der Waals surface area contributed by atoms with Crippen molar-refractivity contribution in [1.82, 2.24) is 10.3 Å². The van der Waals surface area contributed by atoms with E-state index in [9.17, 15) is 4.79 Å². The van der Waals surface area contributed by atoms with Gasteiger partial charge in [-0.15, -0.1) is 0 Å². The molecule has 0 atom stereocenters. The monoisotopic (exact) mass is 361 g/mol. The summed E-state index contributed by atoms with van der Waals surface area (Å²) in [6.45, 7) is 4.55. The normalized spacial score (nSPS) is 10.3. The molecule has 0 aliphatic heterocycles. The largest absolute Gasteiger partial charge is 0.497 e. The van der Waals surface area contributed by atoms with Gasteiger partial charge in [-0.2, -0.15) is 0 Å². The third-order valence-corrected chi connectivity index (χ3v) is 4.27. The molecule has 1 heterocycles. The minimum atomic E-state index is -0.213. The smallest absolute Gasteiger partial charge is 0.270 e. The van der Waals surface area contributed by atoms with Gasteiger partial charge in [-0.05, 0) is 55.3 Å². The van der Waals surface area contributed by atoms with Crippen molar-refractivity contribution >= 4 is 17.3 Å². The van der Waals surface area contributed by atoms with E-state index in [1.54, 1.807) is 19.4 Å². The molecule has 0 saturated heterocycles. The van der Waals surface area contributed by atoms with Crippen LogP contribution >= 0.6 is 0 Å². The number of ether oxygens (including phenoxy) is 1. The van der Waals surface area contributed by atoms with Gasteiger partial charge in [0.2, 0.25) is 0 Å². The zero-order valence-electron chi connectivity index (χ0n) is 15.7. The van der Waals surface area contributed by atoms with Crippen molar-refractivity contribution in [2.75, 3.05) is 12.4 Å². The number of hydrogen-bond donors (Lipinski definition) is 2. The summed E-state index contributed by atoms with van der Waals surface area (Å²) in [4.78, 5) is 16.6. The molecular weight excluding hydrogens is 338 g/mol. The van der Waals surface area contributed by atoms with Crippen LogP contribution in [-0.4, -0.2) is 18.0 Å². The number of anilines is 2. The first-order valence-corrected chi connectivity index (χ1v) is 8.76. The molecule has 0 saturated carbocycles. The van der Waals surface area contributed by atoms with Gasteiger partial charge in [0.25, 0.3) is 5.91 Å². The Balaban J connectivity index is 1.65. The standard InChI is InChI=1S/C22H23N3O2/c1-15-4-9-20(16(2)12-15)25-18-10-11-23-21(13-18)22(26)24-14-17-5-7-19(27-3)8-6-17/h4-13H,14H2,1-3H3,(H,23,25)(H,24,26). The van der Waals surface area contributed by atoms with Crippen molar-refractivity contribution in [1.29, 1.82) is 0 Å². The number of nitrogens with one attached hydrogen (secondary N) is 2. The highest BCUT2D eigenvalue weighted by Crippen LogP contribution is 2.21. The number of pyridine rings is 1. The minimum Gasteiger partial charge on any atom is -0.497 e. The zero-order valence-corrected chi connectivity index (χ0v) is 15.7. The number of nitrogens with zero attached hydrogens (tertiary/aromatic N) is 1. The van der Waals surface area contributed by atoms with Crippen molar-refractivity contribution < 1.29 is 9.53 Å². The van der Waals surface area contributed by atoms with Gasteiger partial charge in [0.15, 0.2) is 0 Å². The van der Waals surface area contributed by atoms with E-state index in [0.717, 1.165) is 28.3 Å². The lowest BCUT2D eigenvalue weighted by molar-refractivity contribution is 0.0946. The van der Waals surface area contributed by atoms with Gasteiger partial charge < -0.3 is 15.4 Å². The van der Waals surface area contributed by atoms with Gasteiger partial charge in [-0.3, -0.25) is 9.78 Å². The van der Waals surface area contributed by atoms with Crippen LogP contribution in [0.25, 0.3) is 0 Å². The molecule has 5 heteroatoms. The van der Waals surface area contributed by atoms with E-state index >= 15 is 0 Å². The summed E-state index contributed by atoms with van der Waals surface area (Å²) >= 11 is 0. The lowest BCUT2D eigenvalue weighted by Gasteiger charge is -2.11. The van der Waals surface area contributed by atoms with E-state index in [2.05, 4.69) is 41.6 Å². The third kappa shape index (κ3) is 4.85. The fourth-order valence-corrected chi connectivity index (χ4v) is 2.76. The second-order valence-corrected chi connectivity index (χ2v) is 6.40. The number of carbonyl (C=O) groups excluding carboxylic acids is 1. The summed E-state index contributed by atoms with van der Waals surface area (Å²) in [5.74, 6) is 0.576. The topological polar surface area (TPSA) is 63.2 Å². The summed E-state index contributed by atoms with van der Waals surface area (Å²) in [6.07, 6.45) is 1.63. The van der Waals surface area contributed by atoms with Crippen LogP contribution in [0.2, 0.25) is 0 Å². The number of amides is 1. The molecule has 27 heavy (non-hydrogen) atoms. The molecule has 5 nitrogen and oxygen atoms in total. The summed E-state index contributed by atoms with van der Waals surface area (Å²) < 4.78 is 5.14. The highest BCUT2D eigenvalue weighted by Gasteiger charge is 2.09. The quantitative estimate of drug-likeness (QED) is 0.684. The molecule has 0 fully saturated rings. The number of methoxy groups -OCH3 is 1. The summed E-state index contributed by atoms with van der Waals surface area (Å²) in [5.41, 5.74) is 5.57. The molecular formula is C22H23N3O2. The summed E-state index contributed by atoms with van der Waals surface area (Å²) in [6, 6.07) is 17.4. The molecule has 2 aromatic carbocycles. The average Bonchev–Trinajstić information content (AvgIpc) is 2.69. The maximum absolute atomic E-state index is 12.4. The Morgan fingerprint density at radius 1 is 1.04 bits per heavy atom. The Bertz CT molecular complexity index is 937. The second-order valence-electron chi connectivity index (χ2n) is 6.40. The van der Waals surface area contributed by atoms with Crippen LogP contribution in [0.15, 0.2) is 60.8 Å². The van der Waals surface area contributed by atoms with Gasteiger partial charge in [-0.1, -0.05) is 29.8 Å². The lowest BCUT2D eigenvalue weighted by Crippen LogP contribution is -2.23. The van der Waals surface area contributed by atoms with Crippen LogP contribution < -0.4 is 15.4 Å². The Labute approximate surface area is 159 Å². The Kier molecular flexibility index (Phi) is 5.71. The van der Waals surface area contributed by atoms with Crippen LogP contribution in [0, 0.1) is 13.8 Å². The van der Waals surface area contributed by atoms with Crippen molar-refractivity contribution in [2.24, 2.45) is 0 Å². The van der Waals surface area contributed by atoms with Crippen LogP contribution in [0.3, 0.4) is 0 Å². The molecule has 0 spiro atoms. The van der Waals surface area contributed by atoms with Crippen LogP contribution in [0.1, 0.15) is 27.2 Å². The molecule has 1 aromatic heterocycles. The number of aromatic nitrogens is 1. The SMILES string of the molecule is COc1ccc(CNC(=O)c2cc(Nc3ccc(C)cc3C)ccn2)cc1. The first-order chi connectivity index (χ1) is 13.0. The van der Waals surface area contributed by atoms with Crippen molar-refractivity contribution in [2.45, 2.75) is 20.4 Å². The molecule has 1 amide bonds. The number of carbonyl (C=O) groups is 1. The van der Waals surface area contributed by atoms with Gasteiger partial charge in [0.05, 0.1) is 7.11 Å².